The third-order valence-electron chi connectivity index (χ3n) is 5.56. The van der Waals surface area contributed by atoms with Gasteiger partial charge in [-0.05, 0) is 48.0 Å². The Kier molecular flexibility index (Phi) is 5.84. The van der Waals surface area contributed by atoms with Crippen molar-refractivity contribution in [3.05, 3.63) is 94.9 Å². The zero-order chi connectivity index (χ0) is 23.5. The molecule has 9 heteroatoms. The molecule has 0 unspecified atom stereocenters. The van der Waals surface area contributed by atoms with Crippen LogP contribution in [-0.4, -0.2) is 43.5 Å². The average Bonchev–Trinajstić information content (AvgIpc) is 3.25. The van der Waals surface area contributed by atoms with Gasteiger partial charge in [0.2, 0.25) is 0 Å². The SMILES string of the molecule is COCCn1c(C(=O)NCc2ccnc(-c3cccnc3)c2)cc2c(=O)n3ccccc3nc21. The lowest BCUT2D eigenvalue weighted by atomic mass is 10.1. The van der Waals surface area contributed by atoms with E-state index in [4.69, 9.17) is 4.74 Å². The van der Waals surface area contributed by atoms with Crippen molar-refractivity contribution in [2.45, 2.75) is 13.1 Å². The first-order valence-corrected chi connectivity index (χ1v) is 10.8. The normalized spacial score (nSPS) is 11.2. The van der Waals surface area contributed by atoms with Gasteiger partial charge in [-0.1, -0.05) is 6.07 Å². The van der Waals surface area contributed by atoms with Gasteiger partial charge in [0.25, 0.3) is 11.5 Å². The summed E-state index contributed by atoms with van der Waals surface area (Å²) in [6.45, 7) is 1.06. The van der Waals surface area contributed by atoms with Crippen molar-refractivity contribution in [1.82, 2.24) is 29.2 Å². The number of hydrogen-bond donors (Lipinski definition) is 1. The minimum Gasteiger partial charge on any atom is -0.383 e. The summed E-state index contributed by atoms with van der Waals surface area (Å²) in [5.74, 6) is -0.303. The molecule has 0 saturated heterocycles. The van der Waals surface area contributed by atoms with Crippen LogP contribution in [0.25, 0.3) is 27.9 Å². The quantitative estimate of drug-likeness (QED) is 0.406. The number of carbonyl (C=O) groups excluding carboxylic acids is 1. The van der Waals surface area contributed by atoms with Crippen LogP contribution in [0, 0.1) is 0 Å². The third-order valence-corrected chi connectivity index (χ3v) is 5.56. The molecule has 5 aromatic rings. The third kappa shape index (κ3) is 4.04. The Labute approximate surface area is 194 Å². The van der Waals surface area contributed by atoms with E-state index < -0.39 is 0 Å². The van der Waals surface area contributed by atoms with E-state index >= 15 is 0 Å². The summed E-state index contributed by atoms with van der Waals surface area (Å²) in [5.41, 5.74) is 3.68. The first-order chi connectivity index (χ1) is 16.7. The van der Waals surface area contributed by atoms with E-state index in [0.717, 1.165) is 16.8 Å². The van der Waals surface area contributed by atoms with Crippen LogP contribution in [0.5, 0.6) is 0 Å². The molecule has 0 aliphatic heterocycles. The molecule has 1 amide bonds. The van der Waals surface area contributed by atoms with E-state index in [1.165, 1.54) is 4.40 Å². The number of ether oxygens (including phenoxy) is 1. The number of fused-ring (bicyclic) bond motifs is 2. The van der Waals surface area contributed by atoms with E-state index in [0.29, 0.717) is 42.1 Å². The Bertz CT molecular complexity index is 1540. The fourth-order valence-corrected chi connectivity index (χ4v) is 3.88. The number of aromatic nitrogens is 5. The lowest BCUT2D eigenvalue weighted by Crippen LogP contribution is -2.26. The number of nitrogens with zero attached hydrogens (tertiary/aromatic N) is 5. The topological polar surface area (TPSA) is 103 Å². The van der Waals surface area contributed by atoms with Crippen molar-refractivity contribution in [2.75, 3.05) is 13.7 Å². The van der Waals surface area contributed by atoms with Gasteiger partial charge in [0, 0.05) is 50.6 Å². The standard InChI is InChI=1S/C25H22N6O3/c1-34-12-11-30-21(14-19-23(30)29-22-6-2-3-10-31(22)25(19)33)24(32)28-15-17-7-9-27-20(13-17)18-5-4-8-26-16-18/h2-10,13-14,16H,11-12,15H2,1H3,(H,28,32). The molecule has 1 N–H and O–H groups in total. The molecule has 0 atom stereocenters. The van der Waals surface area contributed by atoms with E-state index in [9.17, 15) is 9.59 Å². The van der Waals surface area contributed by atoms with Gasteiger partial charge in [0.05, 0.1) is 17.7 Å². The fraction of sp³-hybridized carbons (Fsp3) is 0.160. The summed E-state index contributed by atoms with van der Waals surface area (Å²) < 4.78 is 8.43. The predicted molar refractivity (Wildman–Crippen MR) is 127 cm³/mol. The summed E-state index contributed by atoms with van der Waals surface area (Å²) in [7, 11) is 1.59. The van der Waals surface area contributed by atoms with Crippen LogP contribution in [0.15, 0.2) is 78.1 Å². The Morgan fingerprint density at radius 1 is 1.12 bits per heavy atom. The maximum absolute atomic E-state index is 13.2. The van der Waals surface area contributed by atoms with Gasteiger partial charge in [0.15, 0.2) is 0 Å². The molecule has 9 nitrogen and oxygen atoms in total. The highest BCUT2D eigenvalue weighted by molar-refractivity contribution is 5.98. The summed E-state index contributed by atoms with van der Waals surface area (Å²) >= 11 is 0. The summed E-state index contributed by atoms with van der Waals surface area (Å²) in [6.07, 6.45) is 6.82. The Morgan fingerprint density at radius 2 is 2.03 bits per heavy atom. The van der Waals surface area contributed by atoms with Crippen LogP contribution in [0.4, 0.5) is 0 Å². The van der Waals surface area contributed by atoms with Crippen molar-refractivity contribution < 1.29 is 9.53 Å². The molecule has 5 aromatic heterocycles. The van der Waals surface area contributed by atoms with Gasteiger partial charge in [-0.2, -0.15) is 0 Å². The molecule has 0 radical (unpaired) electrons. The van der Waals surface area contributed by atoms with Gasteiger partial charge < -0.3 is 14.6 Å². The molecule has 0 spiro atoms. The average molecular weight is 454 g/mol. The highest BCUT2D eigenvalue weighted by Gasteiger charge is 2.19. The Hall–Kier alpha value is -4.37. The predicted octanol–water partition coefficient (Wildman–Crippen LogP) is 2.68. The molecular formula is C25H22N6O3. The molecule has 0 saturated carbocycles. The molecule has 34 heavy (non-hydrogen) atoms. The fourth-order valence-electron chi connectivity index (χ4n) is 3.88. The van der Waals surface area contributed by atoms with E-state index in [-0.39, 0.29) is 11.5 Å². The van der Waals surface area contributed by atoms with E-state index in [1.54, 1.807) is 54.7 Å². The monoisotopic (exact) mass is 454 g/mol. The van der Waals surface area contributed by atoms with Crippen molar-refractivity contribution in [3.63, 3.8) is 0 Å². The number of methoxy groups -OCH3 is 1. The maximum atomic E-state index is 13.2. The molecule has 0 bridgehead atoms. The molecule has 5 rings (SSSR count). The number of nitrogens with one attached hydrogen (secondary N) is 1. The Morgan fingerprint density at radius 3 is 2.85 bits per heavy atom. The zero-order valence-electron chi connectivity index (χ0n) is 18.5. The van der Waals surface area contributed by atoms with Crippen LogP contribution in [0.1, 0.15) is 16.1 Å². The first-order valence-electron chi connectivity index (χ1n) is 10.8. The summed E-state index contributed by atoms with van der Waals surface area (Å²) in [6, 6.07) is 14.5. The van der Waals surface area contributed by atoms with Gasteiger partial charge in [0.1, 0.15) is 17.0 Å². The van der Waals surface area contributed by atoms with Gasteiger partial charge >= 0.3 is 0 Å². The lowest BCUT2D eigenvalue weighted by Gasteiger charge is -2.11. The minimum absolute atomic E-state index is 0.221. The Balaban J connectivity index is 1.46. The van der Waals surface area contributed by atoms with E-state index in [1.807, 2.05) is 30.3 Å². The van der Waals surface area contributed by atoms with Crippen LogP contribution < -0.4 is 10.9 Å². The molecule has 0 fully saturated rings. The van der Waals surface area contributed by atoms with Crippen LogP contribution in [0.3, 0.4) is 0 Å². The van der Waals surface area contributed by atoms with Crippen molar-refractivity contribution in [2.24, 2.45) is 0 Å². The molecule has 5 heterocycles. The number of carbonyl (C=O) groups is 1. The smallest absolute Gasteiger partial charge is 0.268 e. The molecule has 0 aliphatic rings. The van der Waals surface area contributed by atoms with Gasteiger partial charge in [-0.15, -0.1) is 0 Å². The largest absolute Gasteiger partial charge is 0.383 e. The molecular weight excluding hydrogens is 432 g/mol. The number of pyridine rings is 3. The van der Waals surface area contributed by atoms with Crippen molar-refractivity contribution >= 4 is 22.6 Å². The highest BCUT2D eigenvalue weighted by Crippen LogP contribution is 2.18. The highest BCUT2D eigenvalue weighted by atomic mass is 16.5. The molecule has 0 aliphatic carbocycles. The van der Waals surface area contributed by atoms with Crippen LogP contribution >= 0.6 is 0 Å². The van der Waals surface area contributed by atoms with Crippen molar-refractivity contribution in [1.29, 1.82) is 0 Å². The van der Waals surface area contributed by atoms with Crippen LogP contribution in [0.2, 0.25) is 0 Å². The van der Waals surface area contributed by atoms with Gasteiger partial charge in [-0.25, -0.2) is 4.98 Å². The van der Waals surface area contributed by atoms with Crippen LogP contribution in [-0.2, 0) is 17.8 Å². The van der Waals surface area contributed by atoms with Gasteiger partial charge in [-0.3, -0.25) is 24.0 Å². The second-order valence-electron chi connectivity index (χ2n) is 7.73. The lowest BCUT2D eigenvalue weighted by molar-refractivity contribution is 0.0939. The summed E-state index contributed by atoms with van der Waals surface area (Å²) in [4.78, 5) is 39.4. The zero-order valence-corrected chi connectivity index (χ0v) is 18.5. The summed E-state index contributed by atoms with van der Waals surface area (Å²) in [5, 5.41) is 3.33. The number of rotatable bonds is 7. The maximum Gasteiger partial charge on any atom is 0.268 e. The number of amides is 1. The van der Waals surface area contributed by atoms with Crippen molar-refractivity contribution in [3.8, 4) is 11.3 Å². The second-order valence-corrected chi connectivity index (χ2v) is 7.73. The second kappa shape index (κ2) is 9.24. The first kappa shape index (κ1) is 21.5. The molecule has 0 aromatic carbocycles. The van der Waals surface area contributed by atoms with E-state index in [2.05, 4.69) is 20.3 Å². The minimum atomic E-state index is -0.303. The number of hydrogen-bond acceptors (Lipinski definition) is 6. The molecule has 170 valence electrons.